The number of amides is 1. The minimum absolute atomic E-state index is 0.00983. The van der Waals surface area contributed by atoms with Crippen LogP contribution in [-0.4, -0.2) is 5.91 Å². The number of rotatable bonds is 3. The standard InChI is InChI=1S/C22H19ClFN3OS/c1-13-10-19(20-8-9-21(23)29-20)26(22(13)28)17-6-7-18-14(11-17)12-25-27(18)16-4-2-15(24)3-5-16/h2-9,11,13,19,25H,10,12H2,1H3/t13-,19?/m0/s1. The van der Waals surface area contributed by atoms with Crippen LogP contribution in [0.2, 0.25) is 4.34 Å². The van der Waals surface area contributed by atoms with Crippen LogP contribution < -0.4 is 15.3 Å². The molecule has 2 aliphatic rings. The molecule has 148 valence electrons. The molecule has 1 amide bonds. The number of hydrogen-bond donors (Lipinski definition) is 1. The fourth-order valence-electron chi connectivity index (χ4n) is 4.14. The molecule has 29 heavy (non-hydrogen) atoms. The number of nitrogens with zero attached hydrogens (tertiary/aromatic N) is 2. The quantitative estimate of drug-likeness (QED) is 0.572. The van der Waals surface area contributed by atoms with E-state index >= 15 is 0 Å². The average Bonchev–Trinajstić information content (AvgIpc) is 3.40. The Hall–Kier alpha value is -2.41. The molecule has 3 aromatic rings. The zero-order valence-electron chi connectivity index (χ0n) is 15.7. The molecule has 0 radical (unpaired) electrons. The Bertz CT molecular complexity index is 1080. The molecule has 0 bridgehead atoms. The summed E-state index contributed by atoms with van der Waals surface area (Å²) in [4.78, 5) is 16.0. The lowest BCUT2D eigenvalue weighted by Gasteiger charge is -2.25. The summed E-state index contributed by atoms with van der Waals surface area (Å²) in [7, 11) is 0. The van der Waals surface area contributed by atoms with Crippen molar-refractivity contribution >= 4 is 45.9 Å². The molecule has 7 heteroatoms. The number of hydrogen-bond acceptors (Lipinski definition) is 4. The van der Waals surface area contributed by atoms with E-state index in [9.17, 15) is 9.18 Å². The van der Waals surface area contributed by atoms with Gasteiger partial charge in [0.15, 0.2) is 0 Å². The second-order valence-electron chi connectivity index (χ2n) is 7.46. The second-order valence-corrected chi connectivity index (χ2v) is 9.21. The fourth-order valence-corrected chi connectivity index (χ4v) is 5.31. The molecule has 1 aromatic heterocycles. The predicted molar refractivity (Wildman–Crippen MR) is 115 cm³/mol. The van der Waals surface area contributed by atoms with Crippen LogP contribution in [-0.2, 0) is 11.3 Å². The van der Waals surface area contributed by atoms with Crippen molar-refractivity contribution in [3.63, 3.8) is 0 Å². The van der Waals surface area contributed by atoms with E-state index in [2.05, 4.69) is 11.5 Å². The van der Waals surface area contributed by atoms with Crippen LogP contribution in [0, 0.1) is 11.7 Å². The minimum Gasteiger partial charge on any atom is -0.304 e. The number of thiophene rings is 1. The van der Waals surface area contributed by atoms with Crippen LogP contribution in [0.5, 0.6) is 0 Å². The van der Waals surface area contributed by atoms with E-state index < -0.39 is 0 Å². The highest BCUT2D eigenvalue weighted by molar-refractivity contribution is 7.16. The van der Waals surface area contributed by atoms with Gasteiger partial charge in [0, 0.05) is 23.0 Å². The molecule has 1 unspecified atom stereocenters. The van der Waals surface area contributed by atoms with Gasteiger partial charge >= 0.3 is 0 Å². The van der Waals surface area contributed by atoms with Crippen LogP contribution in [0.3, 0.4) is 0 Å². The summed E-state index contributed by atoms with van der Waals surface area (Å²) in [6, 6.07) is 16.4. The summed E-state index contributed by atoms with van der Waals surface area (Å²) in [5.41, 5.74) is 7.21. The number of anilines is 3. The van der Waals surface area contributed by atoms with Crippen molar-refractivity contribution in [1.82, 2.24) is 5.43 Å². The molecule has 4 nitrogen and oxygen atoms in total. The summed E-state index contributed by atoms with van der Waals surface area (Å²) in [5, 5.41) is 1.95. The van der Waals surface area contributed by atoms with Crippen molar-refractivity contribution in [3.05, 3.63) is 75.2 Å². The SMILES string of the molecule is C[C@H]1CC(c2ccc(Cl)s2)N(c2ccc3c(c2)CNN3c2ccc(F)cc2)C1=O. The summed E-state index contributed by atoms with van der Waals surface area (Å²) in [6.45, 7) is 2.63. The molecule has 1 N–H and O–H groups in total. The molecule has 2 aliphatic heterocycles. The van der Waals surface area contributed by atoms with Crippen molar-refractivity contribution in [3.8, 4) is 0 Å². The van der Waals surface area contributed by atoms with Crippen molar-refractivity contribution in [2.75, 3.05) is 9.91 Å². The Labute approximate surface area is 177 Å². The molecular weight excluding hydrogens is 409 g/mol. The van der Waals surface area contributed by atoms with Gasteiger partial charge in [-0.15, -0.1) is 11.3 Å². The van der Waals surface area contributed by atoms with E-state index in [4.69, 9.17) is 11.6 Å². The normalized spacial score (nSPS) is 21.1. The first-order valence-electron chi connectivity index (χ1n) is 9.51. The van der Waals surface area contributed by atoms with Crippen molar-refractivity contribution in [2.24, 2.45) is 5.92 Å². The van der Waals surface area contributed by atoms with Crippen LogP contribution in [0.4, 0.5) is 21.5 Å². The number of benzene rings is 2. The maximum absolute atomic E-state index is 13.3. The maximum Gasteiger partial charge on any atom is 0.230 e. The highest BCUT2D eigenvalue weighted by atomic mass is 35.5. The van der Waals surface area contributed by atoms with Gasteiger partial charge in [0.05, 0.1) is 21.8 Å². The Morgan fingerprint density at radius 2 is 1.86 bits per heavy atom. The first kappa shape index (κ1) is 18.6. The van der Waals surface area contributed by atoms with Crippen LogP contribution in [0.15, 0.2) is 54.6 Å². The molecule has 1 fully saturated rings. The lowest BCUT2D eigenvalue weighted by Crippen LogP contribution is -2.28. The number of carbonyl (C=O) groups excluding carboxylic acids is 1. The third kappa shape index (κ3) is 3.21. The van der Waals surface area contributed by atoms with Crippen LogP contribution in [0.25, 0.3) is 0 Å². The summed E-state index contributed by atoms with van der Waals surface area (Å²) < 4.78 is 14.0. The summed E-state index contributed by atoms with van der Waals surface area (Å²) in [5.74, 6) is -0.145. The van der Waals surface area contributed by atoms with Gasteiger partial charge in [-0.1, -0.05) is 18.5 Å². The van der Waals surface area contributed by atoms with Gasteiger partial charge in [0.25, 0.3) is 0 Å². The Morgan fingerprint density at radius 1 is 1.10 bits per heavy atom. The first-order chi connectivity index (χ1) is 14.0. The monoisotopic (exact) mass is 427 g/mol. The molecule has 3 heterocycles. The molecular formula is C22H19ClFN3OS. The lowest BCUT2D eigenvalue weighted by molar-refractivity contribution is -0.120. The number of carbonyl (C=O) groups is 1. The highest BCUT2D eigenvalue weighted by Crippen LogP contribution is 2.44. The van der Waals surface area contributed by atoms with Gasteiger partial charge in [-0.3, -0.25) is 9.80 Å². The summed E-state index contributed by atoms with van der Waals surface area (Å²) in [6.07, 6.45) is 0.784. The zero-order valence-corrected chi connectivity index (χ0v) is 17.3. The van der Waals surface area contributed by atoms with Crippen LogP contribution >= 0.6 is 22.9 Å². The van der Waals surface area contributed by atoms with Gasteiger partial charge in [-0.2, -0.15) is 0 Å². The fraction of sp³-hybridized carbons (Fsp3) is 0.227. The van der Waals surface area contributed by atoms with Crippen molar-refractivity contribution in [1.29, 1.82) is 0 Å². The lowest BCUT2D eigenvalue weighted by atomic mass is 10.1. The second kappa shape index (κ2) is 7.13. The van der Waals surface area contributed by atoms with E-state index in [1.807, 2.05) is 41.1 Å². The van der Waals surface area contributed by atoms with E-state index in [0.717, 1.165) is 38.3 Å². The van der Waals surface area contributed by atoms with Crippen molar-refractivity contribution in [2.45, 2.75) is 25.9 Å². The van der Waals surface area contributed by atoms with Gasteiger partial charge < -0.3 is 4.90 Å². The van der Waals surface area contributed by atoms with Crippen molar-refractivity contribution < 1.29 is 9.18 Å². The van der Waals surface area contributed by atoms with Gasteiger partial charge in [0.2, 0.25) is 5.91 Å². The van der Waals surface area contributed by atoms with Gasteiger partial charge in [0.1, 0.15) is 5.82 Å². The highest BCUT2D eigenvalue weighted by Gasteiger charge is 2.39. The molecule has 2 aromatic carbocycles. The van der Waals surface area contributed by atoms with E-state index in [0.29, 0.717) is 6.54 Å². The third-order valence-electron chi connectivity index (χ3n) is 5.56. The Balaban J connectivity index is 1.49. The van der Waals surface area contributed by atoms with E-state index in [-0.39, 0.29) is 23.7 Å². The molecule has 0 saturated carbocycles. The van der Waals surface area contributed by atoms with E-state index in [1.165, 1.54) is 23.5 Å². The van der Waals surface area contributed by atoms with Gasteiger partial charge in [-0.05, 0) is 66.6 Å². The Morgan fingerprint density at radius 3 is 2.59 bits per heavy atom. The van der Waals surface area contributed by atoms with E-state index in [1.54, 1.807) is 12.1 Å². The number of nitrogens with one attached hydrogen (secondary N) is 1. The maximum atomic E-state index is 13.3. The largest absolute Gasteiger partial charge is 0.304 e. The molecule has 5 rings (SSSR count). The molecule has 0 spiro atoms. The first-order valence-corrected chi connectivity index (χ1v) is 10.7. The minimum atomic E-state index is -0.259. The topological polar surface area (TPSA) is 35.6 Å². The van der Waals surface area contributed by atoms with Crippen LogP contribution in [0.1, 0.15) is 29.8 Å². The summed E-state index contributed by atoms with van der Waals surface area (Å²) >= 11 is 7.68. The molecule has 0 aliphatic carbocycles. The molecule has 1 saturated heterocycles. The predicted octanol–water partition coefficient (Wildman–Crippen LogP) is 5.81. The smallest absolute Gasteiger partial charge is 0.230 e. The Kier molecular flexibility index (Phi) is 4.57. The van der Waals surface area contributed by atoms with Gasteiger partial charge in [-0.25, -0.2) is 9.82 Å². The number of halogens is 2. The molecule has 2 atom stereocenters. The number of fused-ring (bicyclic) bond motifs is 1. The zero-order chi connectivity index (χ0) is 20.1. The average molecular weight is 428 g/mol. The number of hydrazine groups is 1. The third-order valence-corrected chi connectivity index (χ3v) is 6.90.